The Kier molecular flexibility index (Phi) is 7.16. The molecule has 8 heteroatoms. The fraction of sp³-hybridized carbons (Fsp3) is 0.217. The van der Waals surface area contributed by atoms with E-state index in [-0.39, 0.29) is 18.1 Å². The Morgan fingerprint density at radius 2 is 1.52 bits per heavy atom. The summed E-state index contributed by atoms with van der Waals surface area (Å²) in [6.45, 7) is 0.302. The lowest BCUT2D eigenvalue weighted by atomic mass is 10.1. The van der Waals surface area contributed by atoms with E-state index < -0.39 is 0 Å². The lowest BCUT2D eigenvalue weighted by Gasteiger charge is -2.10. The lowest BCUT2D eigenvalue weighted by molar-refractivity contribution is 0.0949. The minimum atomic E-state index is -0.317. The summed E-state index contributed by atoms with van der Waals surface area (Å²) in [6, 6.07) is 12.2. The maximum atomic E-state index is 12.4. The third kappa shape index (κ3) is 5.57. The number of hydrogen-bond donors (Lipinski definition) is 1. The molecule has 1 heterocycles. The number of Topliss-reactive ketones (excluding diaryl/α,β-unsaturated/α-hetero) is 1. The number of rotatable bonds is 9. The second-order valence-corrected chi connectivity index (χ2v) is 6.59. The summed E-state index contributed by atoms with van der Waals surface area (Å²) < 4.78 is 15.6. The van der Waals surface area contributed by atoms with Crippen molar-refractivity contribution < 1.29 is 23.8 Å². The van der Waals surface area contributed by atoms with Gasteiger partial charge >= 0.3 is 0 Å². The molecule has 0 bridgehead atoms. The summed E-state index contributed by atoms with van der Waals surface area (Å²) in [5.74, 6) is 1.79. The highest BCUT2D eigenvalue weighted by Crippen LogP contribution is 2.27. The van der Waals surface area contributed by atoms with E-state index in [0.29, 0.717) is 40.7 Å². The molecule has 0 radical (unpaired) electrons. The van der Waals surface area contributed by atoms with Gasteiger partial charge in [0.2, 0.25) is 0 Å². The van der Waals surface area contributed by atoms with Crippen LogP contribution in [0.15, 0.2) is 54.9 Å². The molecule has 3 aromatic rings. The zero-order chi connectivity index (χ0) is 22.2. The van der Waals surface area contributed by atoms with Gasteiger partial charge in [-0.2, -0.15) is 0 Å². The second-order valence-electron chi connectivity index (χ2n) is 6.59. The molecule has 3 rings (SSSR count). The molecule has 0 atom stereocenters. The molecule has 0 saturated heterocycles. The summed E-state index contributed by atoms with van der Waals surface area (Å²) >= 11 is 0. The first-order chi connectivity index (χ1) is 15.0. The van der Waals surface area contributed by atoms with Gasteiger partial charge in [0.15, 0.2) is 17.3 Å². The fourth-order valence-electron chi connectivity index (χ4n) is 2.86. The van der Waals surface area contributed by atoms with Gasteiger partial charge in [0, 0.05) is 24.5 Å². The number of ether oxygens (including phenoxy) is 3. The molecule has 31 heavy (non-hydrogen) atoms. The van der Waals surface area contributed by atoms with E-state index in [1.165, 1.54) is 12.4 Å². The van der Waals surface area contributed by atoms with Gasteiger partial charge < -0.3 is 19.5 Å². The Hall–Kier alpha value is -3.94. The number of nitrogens with zero attached hydrogens (tertiary/aromatic N) is 2. The fourth-order valence-corrected chi connectivity index (χ4v) is 2.86. The summed E-state index contributed by atoms with van der Waals surface area (Å²) in [6.07, 6.45) is 2.86. The summed E-state index contributed by atoms with van der Waals surface area (Å²) in [7, 11) is 4.68. The van der Waals surface area contributed by atoms with E-state index in [4.69, 9.17) is 14.2 Å². The van der Waals surface area contributed by atoms with Gasteiger partial charge in [-0.15, -0.1) is 0 Å². The summed E-state index contributed by atoms with van der Waals surface area (Å²) in [4.78, 5) is 33.1. The quantitative estimate of drug-likeness (QED) is 0.530. The molecule has 0 fully saturated rings. The number of amides is 1. The standard InChI is InChI=1S/C23H23N3O5/c1-29-18-7-5-16(6-8-18)19(27)11-22-24-13-17(14-25-22)23(28)26-12-15-4-9-20(30-2)21(10-15)31-3/h4-10,13-14H,11-12H2,1-3H3,(H,26,28). The van der Waals surface area contributed by atoms with Gasteiger partial charge in [0.1, 0.15) is 11.6 Å². The Balaban J connectivity index is 1.57. The highest BCUT2D eigenvalue weighted by Gasteiger charge is 2.12. The highest BCUT2D eigenvalue weighted by molar-refractivity contribution is 5.97. The molecule has 1 N–H and O–H groups in total. The van der Waals surface area contributed by atoms with Crippen molar-refractivity contribution in [3.63, 3.8) is 0 Å². The third-order valence-electron chi connectivity index (χ3n) is 4.60. The van der Waals surface area contributed by atoms with Crippen LogP contribution < -0.4 is 19.5 Å². The Morgan fingerprint density at radius 1 is 0.839 bits per heavy atom. The van der Waals surface area contributed by atoms with E-state index >= 15 is 0 Å². The van der Waals surface area contributed by atoms with Gasteiger partial charge in [0.05, 0.1) is 33.3 Å². The number of benzene rings is 2. The second kappa shape index (κ2) is 10.2. The van der Waals surface area contributed by atoms with Crippen molar-refractivity contribution in [3.8, 4) is 17.2 Å². The normalized spacial score (nSPS) is 10.3. The molecule has 1 aromatic heterocycles. The van der Waals surface area contributed by atoms with Crippen LogP contribution in [-0.2, 0) is 13.0 Å². The van der Waals surface area contributed by atoms with Crippen molar-refractivity contribution >= 4 is 11.7 Å². The van der Waals surface area contributed by atoms with Gasteiger partial charge in [-0.05, 0) is 42.0 Å². The zero-order valence-corrected chi connectivity index (χ0v) is 17.5. The minimum absolute atomic E-state index is 0.0415. The van der Waals surface area contributed by atoms with Crippen LogP contribution in [-0.4, -0.2) is 43.0 Å². The van der Waals surface area contributed by atoms with Crippen molar-refractivity contribution in [1.29, 1.82) is 0 Å². The molecule has 0 saturated carbocycles. The average Bonchev–Trinajstić information content (AvgIpc) is 2.82. The SMILES string of the molecule is COc1ccc(C(=O)Cc2ncc(C(=O)NCc3ccc(OC)c(OC)c3)cn2)cc1. The van der Waals surface area contributed by atoms with Crippen molar-refractivity contribution in [1.82, 2.24) is 15.3 Å². The number of carbonyl (C=O) groups is 2. The maximum absolute atomic E-state index is 12.4. The Labute approximate surface area is 180 Å². The molecular weight excluding hydrogens is 398 g/mol. The van der Waals surface area contributed by atoms with Gasteiger partial charge in [0.25, 0.3) is 5.91 Å². The molecule has 2 aromatic carbocycles. The van der Waals surface area contributed by atoms with Gasteiger partial charge in [-0.3, -0.25) is 9.59 Å². The molecule has 0 spiro atoms. The van der Waals surface area contributed by atoms with E-state index in [1.54, 1.807) is 57.7 Å². The van der Waals surface area contributed by atoms with Crippen LogP contribution in [0.1, 0.15) is 32.1 Å². The average molecular weight is 421 g/mol. The number of carbonyl (C=O) groups excluding carboxylic acids is 2. The maximum Gasteiger partial charge on any atom is 0.254 e. The van der Waals surface area contributed by atoms with Crippen LogP contribution in [0, 0.1) is 0 Å². The van der Waals surface area contributed by atoms with E-state index in [1.807, 2.05) is 6.07 Å². The van der Waals surface area contributed by atoms with Crippen LogP contribution in [0.3, 0.4) is 0 Å². The Bertz CT molecular complexity index is 1050. The van der Waals surface area contributed by atoms with Crippen molar-refractivity contribution in [2.75, 3.05) is 21.3 Å². The van der Waals surface area contributed by atoms with Crippen LogP contribution in [0.2, 0.25) is 0 Å². The van der Waals surface area contributed by atoms with E-state index in [0.717, 1.165) is 5.56 Å². The molecular formula is C23H23N3O5. The third-order valence-corrected chi connectivity index (χ3v) is 4.60. The number of hydrogen-bond acceptors (Lipinski definition) is 7. The van der Waals surface area contributed by atoms with Gasteiger partial charge in [-0.1, -0.05) is 6.07 Å². The van der Waals surface area contributed by atoms with E-state index in [2.05, 4.69) is 15.3 Å². The predicted octanol–water partition coefficient (Wildman–Crippen LogP) is 2.86. The summed E-state index contributed by atoms with van der Waals surface area (Å²) in [5.41, 5.74) is 1.70. The molecule has 0 unspecified atom stereocenters. The first-order valence-electron chi connectivity index (χ1n) is 9.51. The number of nitrogens with one attached hydrogen (secondary N) is 1. The molecule has 0 aliphatic carbocycles. The topological polar surface area (TPSA) is 99.6 Å². The van der Waals surface area contributed by atoms with Crippen LogP contribution >= 0.6 is 0 Å². The van der Waals surface area contributed by atoms with E-state index in [9.17, 15) is 9.59 Å². The van der Waals surface area contributed by atoms with Gasteiger partial charge in [-0.25, -0.2) is 9.97 Å². The monoisotopic (exact) mass is 421 g/mol. The van der Waals surface area contributed by atoms with Crippen molar-refractivity contribution in [2.24, 2.45) is 0 Å². The minimum Gasteiger partial charge on any atom is -0.497 e. The number of aromatic nitrogens is 2. The first kappa shape index (κ1) is 21.8. The van der Waals surface area contributed by atoms with Crippen molar-refractivity contribution in [2.45, 2.75) is 13.0 Å². The highest BCUT2D eigenvalue weighted by atomic mass is 16.5. The van der Waals surface area contributed by atoms with Crippen LogP contribution in [0.5, 0.6) is 17.2 Å². The zero-order valence-electron chi connectivity index (χ0n) is 17.5. The lowest BCUT2D eigenvalue weighted by Crippen LogP contribution is -2.23. The van der Waals surface area contributed by atoms with Crippen LogP contribution in [0.4, 0.5) is 0 Å². The Morgan fingerprint density at radius 3 is 2.13 bits per heavy atom. The first-order valence-corrected chi connectivity index (χ1v) is 9.51. The largest absolute Gasteiger partial charge is 0.497 e. The summed E-state index contributed by atoms with van der Waals surface area (Å²) in [5, 5.41) is 2.81. The predicted molar refractivity (Wildman–Crippen MR) is 114 cm³/mol. The molecule has 0 aliphatic heterocycles. The molecule has 1 amide bonds. The molecule has 160 valence electrons. The van der Waals surface area contributed by atoms with Crippen molar-refractivity contribution in [3.05, 3.63) is 77.4 Å². The number of methoxy groups -OCH3 is 3. The smallest absolute Gasteiger partial charge is 0.254 e. The van der Waals surface area contributed by atoms with Crippen LogP contribution in [0.25, 0.3) is 0 Å². The number of ketones is 1. The molecule has 0 aliphatic rings. The molecule has 8 nitrogen and oxygen atoms in total.